The number of rotatable bonds is 9. The number of halogens is 2. The highest BCUT2D eigenvalue weighted by atomic mass is 35.5. The molecule has 4 aromatic rings. The molecule has 1 unspecified atom stereocenters. The maximum Gasteiger partial charge on any atom is 0.332 e. The van der Waals surface area contributed by atoms with Gasteiger partial charge in [0.25, 0.3) is 5.56 Å². The summed E-state index contributed by atoms with van der Waals surface area (Å²) < 4.78 is 4.18. The van der Waals surface area contributed by atoms with Crippen molar-refractivity contribution in [2.24, 2.45) is 14.1 Å². The molecular weight excluding hydrogens is 553 g/mol. The molecule has 0 amide bonds. The summed E-state index contributed by atoms with van der Waals surface area (Å²) in [7, 11) is 3.07. The van der Waals surface area contributed by atoms with Crippen LogP contribution in [0.15, 0.2) is 70.3 Å². The van der Waals surface area contributed by atoms with Crippen LogP contribution in [0.3, 0.4) is 0 Å². The van der Waals surface area contributed by atoms with Crippen LogP contribution in [0.4, 0.5) is 5.95 Å². The third kappa shape index (κ3) is 6.94. The van der Waals surface area contributed by atoms with Gasteiger partial charge in [-0.1, -0.05) is 60.7 Å². The molecule has 0 saturated carbocycles. The Morgan fingerprint density at radius 1 is 0.825 bits per heavy atom. The number of piperazine rings is 1. The fourth-order valence-electron chi connectivity index (χ4n) is 5.07. The van der Waals surface area contributed by atoms with Crippen LogP contribution >= 0.6 is 24.8 Å². The first kappa shape index (κ1) is 31.4. The summed E-state index contributed by atoms with van der Waals surface area (Å²) in [4.78, 5) is 35.0. The quantitative estimate of drug-likeness (QED) is 0.308. The molecule has 1 aliphatic heterocycles. The Bertz CT molecular complexity index is 1500. The minimum absolute atomic E-state index is 0. The number of nitrogens with zero attached hydrogens (tertiary/aromatic N) is 6. The summed E-state index contributed by atoms with van der Waals surface area (Å²) in [6, 6.07) is 20.3. The molecule has 2 aromatic heterocycles. The van der Waals surface area contributed by atoms with Gasteiger partial charge in [-0.2, -0.15) is 4.98 Å². The largest absolute Gasteiger partial charge is 0.390 e. The number of aliphatic hydroxyl groups is 1. The zero-order valence-electron chi connectivity index (χ0n) is 22.8. The van der Waals surface area contributed by atoms with Gasteiger partial charge >= 0.3 is 5.69 Å². The molecule has 1 fully saturated rings. The minimum Gasteiger partial charge on any atom is -0.390 e. The van der Waals surface area contributed by atoms with Crippen molar-refractivity contribution in [2.45, 2.75) is 25.7 Å². The van der Waals surface area contributed by atoms with Gasteiger partial charge in [-0.25, -0.2) is 4.79 Å². The number of fused-ring (bicyclic) bond motifs is 1. The Labute approximate surface area is 245 Å². The number of anilines is 1. The lowest BCUT2D eigenvalue weighted by molar-refractivity contribution is 0.0630. The molecule has 3 heterocycles. The summed E-state index contributed by atoms with van der Waals surface area (Å²) in [5, 5.41) is 14.4. The third-order valence-corrected chi connectivity index (χ3v) is 7.22. The smallest absolute Gasteiger partial charge is 0.332 e. The Morgan fingerprint density at radius 3 is 2.02 bits per heavy atom. The molecule has 5 rings (SSSR count). The van der Waals surface area contributed by atoms with Gasteiger partial charge in [0.05, 0.1) is 12.6 Å². The molecule has 40 heavy (non-hydrogen) atoms. The molecule has 1 aliphatic rings. The van der Waals surface area contributed by atoms with Gasteiger partial charge < -0.3 is 15.0 Å². The minimum atomic E-state index is -0.715. The number of imidazole rings is 1. The second-order valence-corrected chi connectivity index (χ2v) is 9.98. The highest BCUT2D eigenvalue weighted by Gasteiger charge is 2.23. The standard InChI is InChI=1S/C28H35N7O3.2ClH/c1-31-25-24(26(37)32(2)28(31)38)35(27(30-25)29-17-21-9-5-3-6-10-21)20-23(36)19-34-15-13-33(14-16-34)18-22-11-7-4-8-12-22;;/h3-12,23,36H,13-20H2,1-2H3,(H,29,30);2*1H. The topological polar surface area (TPSA) is 101 Å². The highest BCUT2D eigenvalue weighted by Crippen LogP contribution is 2.18. The van der Waals surface area contributed by atoms with Crippen molar-refractivity contribution in [3.63, 3.8) is 0 Å². The van der Waals surface area contributed by atoms with Gasteiger partial charge in [0, 0.05) is 59.9 Å². The maximum atomic E-state index is 13.1. The second-order valence-electron chi connectivity index (χ2n) is 9.98. The van der Waals surface area contributed by atoms with Crippen molar-refractivity contribution in [2.75, 3.05) is 38.0 Å². The van der Waals surface area contributed by atoms with E-state index in [2.05, 4.69) is 44.4 Å². The van der Waals surface area contributed by atoms with Gasteiger partial charge in [-0.3, -0.25) is 23.7 Å². The molecule has 10 nitrogen and oxygen atoms in total. The van der Waals surface area contributed by atoms with Crippen LogP contribution in [-0.4, -0.2) is 72.4 Å². The van der Waals surface area contributed by atoms with Crippen LogP contribution in [0, 0.1) is 0 Å². The van der Waals surface area contributed by atoms with E-state index < -0.39 is 17.4 Å². The average molecular weight is 591 g/mol. The first-order valence-corrected chi connectivity index (χ1v) is 13.0. The molecule has 1 atom stereocenters. The van der Waals surface area contributed by atoms with Crippen LogP contribution in [-0.2, 0) is 33.7 Å². The number of nitrogens with one attached hydrogen (secondary N) is 1. The zero-order chi connectivity index (χ0) is 26.6. The third-order valence-electron chi connectivity index (χ3n) is 7.22. The first-order chi connectivity index (χ1) is 18.4. The van der Waals surface area contributed by atoms with Gasteiger partial charge in [0.15, 0.2) is 11.2 Å². The molecule has 1 saturated heterocycles. The van der Waals surface area contributed by atoms with E-state index in [1.54, 1.807) is 11.6 Å². The van der Waals surface area contributed by atoms with Crippen molar-refractivity contribution >= 4 is 41.9 Å². The first-order valence-electron chi connectivity index (χ1n) is 13.0. The summed E-state index contributed by atoms with van der Waals surface area (Å²) in [5.41, 5.74) is 2.11. The summed E-state index contributed by atoms with van der Waals surface area (Å²) >= 11 is 0. The lowest BCUT2D eigenvalue weighted by Crippen LogP contribution is -2.48. The number of aryl methyl sites for hydroxylation is 1. The van der Waals surface area contributed by atoms with E-state index in [1.807, 2.05) is 36.4 Å². The van der Waals surface area contributed by atoms with Gasteiger partial charge in [-0.15, -0.1) is 24.8 Å². The lowest BCUT2D eigenvalue weighted by Gasteiger charge is -2.35. The van der Waals surface area contributed by atoms with Crippen molar-refractivity contribution in [3.05, 3.63) is 92.6 Å². The van der Waals surface area contributed by atoms with E-state index in [0.717, 1.165) is 42.9 Å². The van der Waals surface area contributed by atoms with Crippen molar-refractivity contribution in [3.8, 4) is 0 Å². The van der Waals surface area contributed by atoms with Crippen molar-refractivity contribution in [1.82, 2.24) is 28.5 Å². The number of benzene rings is 2. The Morgan fingerprint density at radius 2 is 1.40 bits per heavy atom. The van der Waals surface area contributed by atoms with Crippen LogP contribution in [0.25, 0.3) is 11.2 Å². The molecule has 0 radical (unpaired) electrons. The Hall–Kier alpha value is -3.15. The molecule has 12 heteroatoms. The number of aliphatic hydroxyl groups excluding tert-OH is 1. The van der Waals surface area contributed by atoms with E-state index in [0.29, 0.717) is 30.2 Å². The summed E-state index contributed by atoms with van der Waals surface area (Å²) in [6.07, 6.45) is -0.715. The Balaban J connectivity index is 0.00000220. The molecule has 0 bridgehead atoms. The van der Waals surface area contributed by atoms with Crippen molar-refractivity contribution < 1.29 is 5.11 Å². The molecule has 2 aromatic carbocycles. The lowest BCUT2D eigenvalue weighted by atomic mass is 10.2. The zero-order valence-corrected chi connectivity index (χ0v) is 24.4. The number of β-amino-alcohol motifs (C(OH)–C–C–N with tert-alkyl or cyclic N) is 1. The molecule has 0 aliphatic carbocycles. The van der Waals surface area contributed by atoms with Crippen molar-refractivity contribution in [1.29, 1.82) is 0 Å². The number of aromatic nitrogens is 4. The molecule has 216 valence electrons. The highest BCUT2D eigenvalue weighted by molar-refractivity contribution is 5.85. The fourth-order valence-corrected chi connectivity index (χ4v) is 5.07. The molecule has 0 spiro atoms. The van der Waals surface area contributed by atoms with Gasteiger partial charge in [-0.05, 0) is 11.1 Å². The Kier molecular flexibility index (Phi) is 11.0. The monoisotopic (exact) mass is 589 g/mol. The van der Waals surface area contributed by atoms with Gasteiger partial charge in [0.1, 0.15) is 0 Å². The number of hydrogen-bond donors (Lipinski definition) is 2. The van der Waals surface area contributed by atoms with Crippen LogP contribution in [0.1, 0.15) is 11.1 Å². The number of hydrogen-bond acceptors (Lipinski definition) is 7. The van der Waals surface area contributed by atoms with E-state index >= 15 is 0 Å². The summed E-state index contributed by atoms with van der Waals surface area (Å²) in [6.45, 7) is 5.70. The predicted octanol–water partition coefficient (Wildman–Crippen LogP) is 2.07. The molecular formula is C28H37Cl2N7O3. The van der Waals surface area contributed by atoms with Gasteiger partial charge in [0.2, 0.25) is 5.95 Å². The van der Waals surface area contributed by atoms with E-state index in [-0.39, 0.29) is 31.4 Å². The van der Waals surface area contributed by atoms with Crippen LogP contribution in [0.2, 0.25) is 0 Å². The average Bonchev–Trinajstić information content (AvgIpc) is 3.29. The van der Waals surface area contributed by atoms with E-state index in [1.165, 1.54) is 17.2 Å². The van der Waals surface area contributed by atoms with Crippen LogP contribution in [0.5, 0.6) is 0 Å². The van der Waals surface area contributed by atoms with E-state index in [4.69, 9.17) is 0 Å². The molecule has 2 N–H and O–H groups in total. The normalized spacial score (nSPS) is 14.9. The predicted molar refractivity (Wildman–Crippen MR) is 163 cm³/mol. The summed E-state index contributed by atoms with van der Waals surface area (Å²) in [5.74, 6) is 0.453. The van der Waals surface area contributed by atoms with E-state index in [9.17, 15) is 14.7 Å². The van der Waals surface area contributed by atoms with Crippen LogP contribution < -0.4 is 16.6 Å². The fraction of sp³-hybridized carbons (Fsp3) is 0.393. The SMILES string of the molecule is Cl.Cl.Cn1c(=O)c2c(nc(NCc3ccccc3)n2CC(O)CN2CCN(Cc3ccccc3)CC2)n(C)c1=O. The maximum absolute atomic E-state index is 13.1. The second kappa shape index (κ2) is 14.0.